The number of rotatable bonds is 5. The van der Waals surface area contributed by atoms with Gasteiger partial charge in [0.05, 0.1) is 19.0 Å². The van der Waals surface area contributed by atoms with Crippen LogP contribution in [0.15, 0.2) is 96.7 Å². The molecule has 1 N–H and O–H groups in total. The fraction of sp³-hybridized carbons (Fsp3) is 0.0800. The fourth-order valence-electron chi connectivity index (χ4n) is 3.70. The number of hydrogen-bond acceptors (Lipinski definition) is 7. The Bertz CT molecular complexity index is 1610. The Balaban J connectivity index is 1.76. The van der Waals surface area contributed by atoms with E-state index in [9.17, 15) is 14.7 Å². The van der Waals surface area contributed by atoms with Crippen LogP contribution in [0, 0.1) is 0 Å². The van der Waals surface area contributed by atoms with Gasteiger partial charge in [0.25, 0.3) is 5.56 Å². The molecule has 0 atom stereocenters. The van der Waals surface area contributed by atoms with Crippen LogP contribution < -0.4 is 15.9 Å². The number of benzene rings is 2. The smallest absolute Gasteiger partial charge is 0.354 e. The number of pyridine rings is 2. The Morgan fingerprint density at radius 3 is 2.67 bits per heavy atom. The SMILES string of the molecule is COc1cccc(Sc2c(O)c3c(=O)n(Cc4ccccc4)c4ncccc4c3oc2=O)c1. The van der Waals surface area contributed by atoms with Gasteiger partial charge in [-0.2, -0.15) is 0 Å². The molecule has 0 aliphatic rings. The number of hydrogen-bond donors (Lipinski definition) is 1. The van der Waals surface area contributed by atoms with Gasteiger partial charge in [-0.05, 0) is 35.9 Å². The second kappa shape index (κ2) is 8.48. The average molecular weight is 458 g/mol. The number of ether oxygens (including phenoxy) is 1. The van der Waals surface area contributed by atoms with E-state index in [4.69, 9.17) is 9.15 Å². The zero-order valence-corrected chi connectivity index (χ0v) is 18.3. The lowest BCUT2D eigenvalue weighted by Crippen LogP contribution is -2.23. The lowest BCUT2D eigenvalue weighted by atomic mass is 10.1. The van der Waals surface area contributed by atoms with Gasteiger partial charge in [-0.25, -0.2) is 9.78 Å². The van der Waals surface area contributed by atoms with Crippen molar-refractivity contribution >= 4 is 33.8 Å². The normalized spacial score (nSPS) is 11.2. The minimum Gasteiger partial charge on any atom is -0.505 e. The molecule has 0 bridgehead atoms. The molecule has 3 aromatic heterocycles. The maximum absolute atomic E-state index is 13.6. The van der Waals surface area contributed by atoms with Crippen molar-refractivity contribution < 1.29 is 14.3 Å². The van der Waals surface area contributed by atoms with Crippen molar-refractivity contribution in [1.82, 2.24) is 9.55 Å². The molecule has 5 rings (SSSR count). The Kier molecular flexibility index (Phi) is 5.35. The van der Waals surface area contributed by atoms with Gasteiger partial charge in [0.15, 0.2) is 11.3 Å². The van der Waals surface area contributed by atoms with Crippen molar-refractivity contribution in [3.05, 3.63) is 99.3 Å². The molecule has 0 fully saturated rings. The Labute approximate surface area is 191 Å². The summed E-state index contributed by atoms with van der Waals surface area (Å²) >= 11 is 1.01. The van der Waals surface area contributed by atoms with Crippen molar-refractivity contribution in [2.45, 2.75) is 16.3 Å². The van der Waals surface area contributed by atoms with Gasteiger partial charge in [0.1, 0.15) is 21.7 Å². The van der Waals surface area contributed by atoms with Gasteiger partial charge in [-0.3, -0.25) is 9.36 Å². The maximum atomic E-state index is 13.6. The molecule has 0 aliphatic heterocycles. The number of aromatic hydroxyl groups is 1. The number of fused-ring (bicyclic) bond motifs is 3. The van der Waals surface area contributed by atoms with E-state index in [1.807, 2.05) is 30.3 Å². The summed E-state index contributed by atoms with van der Waals surface area (Å²) in [4.78, 5) is 31.3. The van der Waals surface area contributed by atoms with E-state index in [1.54, 1.807) is 49.7 Å². The molecule has 0 amide bonds. The van der Waals surface area contributed by atoms with Crippen LogP contribution in [0.1, 0.15) is 5.56 Å². The van der Waals surface area contributed by atoms with E-state index >= 15 is 0 Å². The van der Waals surface area contributed by atoms with Crippen LogP contribution >= 0.6 is 11.8 Å². The highest BCUT2D eigenvalue weighted by Gasteiger charge is 2.23. The molecule has 0 spiro atoms. The highest BCUT2D eigenvalue weighted by molar-refractivity contribution is 7.99. The van der Waals surface area contributed by atoms with E-state index in [1.165, 1.54) is 4.57 Å². The summed E-state index contributed by atoms with van der Waals surface area (Å²) in [5.74, 6) is 0.193. The zero-order chi connectivity index (χ0) is 22.9. The molecule has 3 heterocycles. The van der Waals surface area contributed by atoms with Crippen molar-refractivity contribution in [3.8, 4) is 11.5 Å². The van der Waals surface area contributed by atoms with Crippen LogP contribution in [0.25, 0.3) is 22.0 Å². The average Bonchev–Trinajstić information content (AvgIpc) is 2.85. The van der Waals surface area contributed by atoms with E-state index in [-0.39, 0.29) is 22.4 Å². The summed E-state index contributed by atoms with van der Waals surface area (Å²) in [6.45, 7) is 0.250. The van der Waals surface area contributed by atoms with E-state index in [0.717, 1.165) is 17.3 Å². The summed E-state index contributed by atoms with van der Waals surface area (Å²) in [5, 5.41) is 11.5. The maximum Gasteiger partial charge on any atom is 0.354 e. The van der Waals surface area contributed by atoms with Gasteiger partial charge in [0.2, 0.25) is 0 Å². The molecular weight excluding hydrogens is 440 g/mol. The predicted molar refractivity (Wildman–Crippen MR) is 126 cm³/mol. The van der Waals surface area contributed by atoms with Crippen LogP contribution in [0.4, 0.5) is 0 Å². The summed E-state index contributed by atoms with van der Waals surface area (Å²) in [6, 6.07) is 19.9. The first-order valence-corrected chi connectivity index (χ1v) is 10.9. The quantitative estimate of drug-likeness (QED) is 0.390. The van der Waals surface area contributed by atoms with Gasteiger partial charge in [-0.15, -0.1) is 0 Å². The van der Waals surface area contributed by atoms with Gasteiger partial charge in [0, 0.05) is 11.1 Å². The van der Waals surface area contributed by atoms with Crippen LogP contribution in [-0.2, 0) is 6.54 Å². The molecular formula is C25H18N2O5S. The van der Waals surface area contributed by atoms with Crippen LogP contribution in [0.3, 0.4) is 0 Å². The first-order chi connectivity index (χ1) is 16.1. The molecule has 33 heavy (non-hydrogen) atoms. The van der Waals surface area contributed by atoms with Gasteiger partial charge < -0.3 is 14.3 Å². The third-order valence-corrected chi connectivity index (χ3v) is 6.30. The molecule has 0 aliphatic carbocycles. The topological polar surface area (TPSA) is 94.6 Å². The number of nitrogens with zero attached hydrogens (tertiary/aromatic N) is 2. The molecule has 0 radical (unpaired) electrons. The third kappa shape index (κ3) is 3.74. The second-order valence-electron chi connectivity index (χ2n) is 7.30. The monoisotopic (exact) mass is 458 g/mol. The molecule has 0 saturated heterocycles. The van der Waals surface area contributed by atoms with Crippen molar-refractivity contribution in [1.29, 1.82) is 0 Å². The summed E-state index contributed by atoms with van der Waals surface area (Å²) in [6.07, 6.45) is 1.57. The predicted octanol–water partition coefficient (Wildman–Crippen LogP) is 4.42. The lowest BCUT2D eigenvalue weighted by molar-refractivity contribution is 0.413. The van der Waals surface area contributed by atoms with Gasteiger partial charge >= 0.3 is 5.63 Å². The molecule has 164 valence electrons. The minimum absolute atomic E-state index is 0.0184. The second-order valence-corrected chi connectivity index (χ2v) is 8.39. The number of aromatic nitrogens is 2. The Morgan fingerprint density at radius 2 is 1.88 bits per heavy atom. The fourth-order valence-corrected chi connectivity index (χ4v) is 4.58. The minimum atomic E-state index is -0.738. The number of methoxy groups -OCH3 is 1. The van der Waals surface area contributed by atoms with E-state index < -0.39 is 16.9 Å². The molecule has 0 saturated carbocycles. The van der Waals surface area contributed by atoms with Crippen molar-refractivity contribution in [2.75, 3.05) is 7.11 Å². The largest absolute Gasteiger partial charge is 0.505 e. The summed E-state index contributed by atoms with van der Waals surface area (Å²) < 4.78 is 12.3. The van der Waals surface area contributed by atoms with E-state index in [2.05, 4.69) is 4.98 Å². The molecule has 5 aromatic rings. The van der Waals surface area contributed by atoms with Crippen LogP contribution in [0.5, 0.6) is 11.5 Å². The van der Waals surface area contributed by atoms with Crippen molar-refractivity contribution in [2.24, 2.45) is 0 Å². The first-order valence-electron chi connectivity index (χ1n) is 10.1. The van der Waals surface area contributed by atoms with Gasteiger partial charge in [-0.1, -0.05) is 48.2 Å². The molecule has 7 nitrogen and oxygen atoms in total. The van der Waals surface area contributed by atoms with E-state index in [0.29, 0.717) is 21.7 Å². The first kappa shape index (κ1) is 20.8. The molecule has 0 unspecified atom stereocenters. The summed E-state index contributed by atoms with van der Waals surface area (Å²) in [5.41, 5.74) is 0.0558. The zero-order valence-electron chi connectivity index (χ0n) is 17.5. The van der Waals surface area contributed by atoms with Crippen LogP contribution in [-0.4, -0.2) is 21.8 Å². The molecule has 8 heteroatoms. The Morgan fingerprint density at radius 1 is 1.06 bits per heavy atom. The lowest BCUT2D eigenvalue weighted by Gasteiger charge is -2.13. The van der Waals surface area contributed by atoms with Crippen molar-refractivity contribution in [3.63, 3.8) is 0 Å². The van der Waals surface area contributed by atoms with Crippen LogP contribution in [0.2, 0.25) is 0 Å². The molecule has 2 aromatic carbocycles. The third-order valence-electron chi connectivity index (χ3n) is 5.25. The Hall–Kier alpha value is -4.04. The highest BCUT2D eigenvalue weighted by Crippen LogP contribution is 2.37. The highest BCUT2D eigenvalue weighted by atomic mass is 32.2. The standard InChI is InChI=1S/C25H18N2O5S/c1-31-16-9-5-10-17(13-16)33-22-20(28)19-21(32-25(22)30)18-11-6-12-26-23(18)27(24(19)29)14-15-7-3-2-4-8-15/h2-13,28H,14H2,1H3. The summed E-state index contributed by atoms with van der Waals surface area (Å²) in [7, 11) is 1.54.